The molecule has 0 unspecified atom stereocenters. The van der Waals surface area contributed by atoms with Gasteiger partial charge in [0, 0.05) is 23.3 Å². The number of aromatic nitrogens is 1. The lowest BCUT2D eigenvalue weighted by Crippen LogP contribution is -2.00. The van der Waals surface area contributed by atoms with Crippen LogP contribution in [0, 0.1) is 22.5 Å². The van der Waals surface area contributed by atoms with Crippen LogP contribution in [0.25, 0.3) is 10.9 Å². The van der Waals surface area contributed by atoms with Crippen molar-refractivity contribution in [2.24, 2.45) is 0 Å². The third-order valence-electron chi connectivity index (χ3n) is 2.33. The second kappa shape index (κ2) is 4.49. The maximum atomic E-state index is 10.9. The number of anilines is 1. The summed E-state index contributed by atoms with van der Waals surface area (Å²) in [6, 6.07) is 6.57. The Labute approximate surface area is 97.6 Å². The first-order chi connectivity index (χ1) is 8.24. The molecule has 0 radical (unpaired) electrons. The molecule has 0 aliphatic rings. The summed E-state index contributed by atoms with van der Waals surface area (Å²) >= 11 is 0. The van der Waals surface area contributed by atoms with Crippen LogP contribution >= 0.6 is 0 Å². The van der Waals surface area contributed by atoms with Crippen LogP contribution in [0.1, 0.15) is 0 Å². The second-order valence-electron chi connectivity index (χ2n) is 3.35. The van der Waals surface area contributed by atoms with E-state index in [4.69, 9.17) is 6.42 Å². The van der Waals surface area contributed by atoms with Crippen molar-refractivity contribution < 1.29 is 4.92 Å². The Balaban J connectivity index is 2.62. The van der Waals surface area contributed by atoms with Crippen LogP contribution in [0.15, 0.2) is 30.5 Å². The van der Waals surface area contributed by atoms with E-state index in [2.05, 4.69) is 16.2 Å². The first kappa shape index (κ1) is 10.9. The zero-order valence-electron chi connectivity index (χ0n) is 8.88. The van der Waals surface area contributed by atoms with Crippen LogP contribution < -0.4 is 5.32 Å². The molecule has 2 aromatic rings. The minimum absolute atomic E-state index is 0.00754. The van der Waals surface area contributed by atoms with Crippen LogP contribution in [-0.4, -0.2) is 16.5 Å². The van der Waals surface area contributed by atoms with E-state index in [1.807, 2.05) is 0 Å². The van der Waals surface area contributed by atoms with Crippen molar-refractivity contribution in [3.8, 4) is 12.3 Å². The summed E-state index contributed by atoms with van der Waals surface area (Å²) in [6.07, 6.45) is 6.68. The molecule has 84 valence electrons. The molecule has 2 rings (SSSR count). The summed E-state index contributed by atoms with van der Waals surface area (Å²) in [4.78, 5) is 14.4. The highest BCUT2D eigenvalue weighted by Crippen LogP contribution is 2.28. The summed E-state index contributed by atoms with van der Waals surface area (Å²) in [5.41, 5.74) is 1.10. The Morgan fingerprint density at radius 2 is 2.29 bits per heavy atom. The van der Waals surface area contributed by atoms with Crippen molar-refractivity contribution in [2.45, 2.75) is 0 Å². The zero-order valence-corrected chi connectivity index (χ0v) is 8.88. The lowest BCUT2D eigenvalue weighted by Gasteiger charge is -2.06. The van der Waals surface area contributed by atoms with Gasteiger partial charge >= 0.3 is 0 Å². The van der Waals surface area contributed by atoms with E-state index in [9.17, 15) is 10.1 Å². The molecule has 5 nitrogen and oxygen atoms in total. The molecule has 0 saturated carbocycles. The number of hydrogen-bond donors (Lipinski definition) is 1. The summed E-state index contributed by atoms with van der Waals surface area (Å²) in [5, 5.41) is 14.5. The number of terminal acetylenes is 1. The number of nitrogens with zero attached hydrogens (tertiary/aromatic N) is 2. The number of nitro groups is 1. The molecule has 0 spiro atoms. The Bertz CT molecular complexity index is 617. The Morgan fingerprint density at radius 1 is 1.47 bits per heavy atom. The molecule has 17 heavy (non-hydrogen) atoms. The fourth-order valence-corrected chi connectivity index (χ4v) is 1.61. The number of fused-ring (bicyclic) bond motifs is 1. The molecule has 0 aliphatic carbocycles. The van der Waals surface area contributed by atoms with Crippen molar-refractivity contribution in [2.75, 3.05) is 11.9 Å². The van der Waals surface area contributed by atoms with Crippen LogP contribution in [-0.2, 0) is 0 Å². The van der Waals surface area contributed by atoms with E-state index < -0.39 is 4.92 Å². The zero-order chi connectivity index (χ0) is 12.3. The summed E-state index contributed by atoms with van der Waals surface area (Å²) in [6.45, 7) is 0.363. The number of hydrogen-bond acceptors (Lipinski definition) is 4. The molecule has 1 N–H and O–H groups in total. The second-order valence-corrected chi connectivity index (χ2v) is 3.35. The molecule has 1 heterocycles. The number of rotatable bonds is 3. The van der Waals surface area contributed by atoms with Gasteiger partial charge in [0.15, 0.2) is 0 Å². The molecule has 0 aliphatic heterocycles. The maximum Gasteiger partial charge on any atom is 0.295 e. The van der Waals surface area contributed by atoms with Gasteiger partial charge in [0.2, 0.25) is 0 Å². The summed E-state index contributed by atoms with van der Waals surface area (Å²) < 4.78 is 0. The lowest BCUT2D eigenvalue weighted by atomic mass is 10.1. The first-order valence-corrected chi connectivity index (χ1v) is 4.93. The average molecular weight is 227 g/mol. The fourth-order valence-electron chi connectivity index (χ4n) is 1.61. The average Bonchev–Trinajstić information content (AvgIpc) is 2.35. The molecular weight excluding hydrogens is 218 g/mol. The number of pyridine rings is 1. The highest BCUT2D eigenvalue weighted by atomic mass is 16.6. The Kier molecular flexibility index (Phi) is 2.88. The molecular formula is C12H9N3O2. The molecule has 0 atom stereocenters. The predicted octanol–water partition coefficient (Wildman–Crippen LogP) is 2.19. The third kappa shape index (κ3) is 2.01. The van der Waals surface area contributed by atoms with Gasteiger partial charge in [-0.1, -0.05) is 18.1 Å². The Morgan fingerprint density at radius 3 is 3.00 bits per heavy atom. The van der Waals surface area contributed by atoms with Gasteiger partial charge in [-0.2, -0.15) is 0 Å². The largest absolute Gasteiger partial charge is 0.374 e. The SMILES string of the molecule is C#CCNc1ccnc2c([N+](=O)[O-])cccc12. The molecule has 5 heteroatoms. The number of benzene rings is 1. The minimum atomic E-state index is -0.444. The minimum Gasteiger partial charge on any atom is -0.374 e. The lowest BCUT2D eigenvalue weighted by molar-refractivity contribution is -0.383. The molecule has 0 saturated heterocycles. The van der Waals surface area contributed by atoms with Crippen LogP contribution in [0.2, 0.25) is 0 Å². The van der Waals surface area contributed by atoms with E-state index in [0.717, 1.165) is 5.69 Å². The van der Waals surface area contributed by atoms with E-state index in [1.54, 1.807) is 18.2 Å². The van der Waals surface area contributed by atoms with Gasteiger partial charge in [-0.15, -0.1) is 6.42 Å². The van der Waals surface area contributed by atoms with E-state index in [0.29, 0.717) is 17.4 Å². The van der Waals surface area contributed by atoms with Gasteiger partial charge in [-0.05, 0) is 6.07 Å². The topological polar surface area (TPSA) is 68.1 Å². The van der Waals surface area contributed by atoms with Gasteiger partial charge < -0.3 is 5.32 Å². The molecule has 1 aromatic carbocycles. The van der Waals surface area contributed by atoms with E-state index in [1.165, 1.54) is 12.3 Å². The summed E-state index contributed by atoms with van der Waals surface area (Å²) in [5.74, 6) is 2.45. The first-order valence-electron chi connectivity index (χ1n) is 4.93. The molecule has 0 fully saturated rings. The number of nitrogens with one attached hydrogen (secondary N) is 1. The van der Waals surface area contributed by atoms with Crippen LogP contribution in [0.3, 0.4) is 0 Å². The number of nitro benzene ring substituents is 1. The fraction of sp³-hybridized carbons (Fsp3) is 0.0833. The van der Waals surface area contributed by atoms with Crippen molar-refractivity contribution in [1.82, 2.24) is 4.98 Å². The number of non-ortho nitro benzene ring substituents is 1. The van der Waals surface area contributed by atoms with Gasteiger partial charge in [0.25, 0.3) is 5.69 Å². The Hall–Kier alpha value is -2.61. The highest BCUT2D eigenvalue weighted by molar-refractivity contribution is 5.96. The third-order valence-corrected chi connectivity index (χ3v) is 2.33. The van der Waals surface area contributed by atoms with Crippen molar-refractivity contribution in [1.29, 1.82) is 0 Å². The van der Waals surface area contributed by atoms with Gasteiger partial charge in [0.05, 0.1) is 11.5 Å². The normalized spacial score (nSPS) is 9.82. The monoisotopic (exact) mass is 227 g/mol. The molecule has 0 bridgehead atoms. The molecule has 0 amide bonds. The van der Waals surface area contributed by atoms with Crippen molar-refractivity contribution in [3.63, 3.8) is 0 Å². The van der Waals surface area contributed by atoms with Gasteiger partial charge in [-0.25, -0.2) is 4.98 Å². The standard InChI is InChI=1S/C12H9N3O2/c1-2-7-13-10-6-8-14-12-9(10)4-3-5-11(12)15(16)17/h1,3-6,8H,7H2,(H,13,14). The van der Waals surface area contributed by atoms with Crippen molar-refractivity contribution in [3.05, 3.63) is 40.6 Å². The van der Waals surface area contributed by atoms with E-state index in [-0.39, 0.29) is 5.69 Å². The molecule has 1 aromatic heterocycles. The van der Waals surface area contributed by atoms with Gasteiger partial charge in [0.1, 0.15) is 5.52 Å². The smallest absolute Gasteiger partial charge is 0.295 e. The van der Waals surface area contributed by atoms with Gasteiger partial charge in [-0.3, -0.25) is 10.1 Å². The van der Waals surface area contributed by atoms with Crippen molar-refractivity contribution >= 4 is 22.3 Å². The van der Waals surface area contributed by atoms with Crippen LogP contribution in [0.4, 0.5) is 11.4 Å². The summed E-state index contributed by atoms with van der Waals surface area (Å²) in [7, 11) is 0. The predicted molar refractivity (Wildman–Crippen MR) is 65.7 cm³/mol. The quantitative estimate of drug-likeness (QED) is 0.495. The highest BCUT2D eigenvalue weighted by Gasteiger charge is 2.13. The number of para-hydroxylation sites is 1. The van der Waals surface area contributed by atoms with E-state index >= 15 is 0 Å². The maximum absolute atomic E-state index is 10.9. The van der Waals surface area contributed by atoms with Crippen LogP contribution in [0.5, 0.6) is 0 Å².